The molecule has 1 aromatic rings. The number of benzene rings is 1. The Hall–Kier alpha value is -0.923. The van der Waals surface area contributed by atoms with Crippen molar-refractivity contribution in [2.45, 2.75) is 53.4 Å². The summed E-state index contributed by atoms with van der Waals surface area (Å²) in [5.74, 6) is 0.780. The van der Waals surface area contributed by atoms with Crippen LogP contribution in [0, 0.1) is 0 Å². The Kier molecular flexibility index (Phi) is 9.54. The van der Waals surface area contributed by atoms with Crippen LogP contribution in [0.15, 0.2) is 24.3 Å². The van der Waals surface area contributed by atoms with Gasteiger partial charge in [0.1, 0.15) is 5.75 Å². The Morgan fingerprint density at radius 2 is 1.38 bits per heavy atom. The van der Waals surface area contributed by atoms with Crippen LogP contribution in [0.5, 0.6) is 5.75 Å². The summed E-state index contributed by atoms with van der Waals surface area (Å²) in [5, 5.41) is 0. The van der Waals surface area contributed by atoms with Gasteiger partial charge >= 0.3 is 8.80 Å². The molecular weight excluding hydrogens is 324 g/mol. The highest BCUT2D eigenvalue weighted by molar-refractivity contribution is 6.62. The molecule has 0 aliphatic carbocycles. The molecule has 6 heteroatoms. The van der Waals surface area contributed by atoms with Gasteiger partial charge in [0.05, 0.1) is 5.54 Å². The summed E-state index contributed by atoms with van der Waals surface area (Å²) in [6.07, 6.45) is -0.314. The molecule has 0 saturated heterocycles. The van der Waals surface area contributed by atoms with E-state index in [0.717, 1.165) is 11.3 Å². The highest BCUT2D eigenvalue weighted by atomic mass is 28.4. The minimum atomic E-state index is -2.86. The molecular formula is C18H32O5Si. The summed E-state index contributed by atoms with van der Waals surface area (Å²) in [5.41, 5.74) is 0.980. The van der Waals surface area contributed by atoms with Crippen molar-refractivity contribution in [1.29, 1.82) is 0 Å². The summed E-state index contributed by atoms with van der Waals surface area (Å²) in [6.45, 7) is 14.1. The predicted octanol–water partition coefficient (Wildman–Crippen LogP) is 4.14. The molecule has 0 aliphatic rings. The molecule has 2 atom stereocenters. The normalized spacial score (nSPS) is 14.4. The van der Waals surface area contributed by atoms with Gasteiger partial charge in [0.2, 0.25) is 0 Å². The third kappa shape index (κ3) is 5.56. The van der Waals surface area contributed by atoms with Gasteiger partial charge in [-0.3, -0.25) is 0 Å². The highest BCUT2D eigenvalue weighted by Crippen LogP contribution is 2.35. The quantitative estimate of drug-likeness (QED) is 0.416. The standard InChI is InChI=1S/C18H32O5Si/c1-7-19-16(6)23-18-14-12-11-13-17(18)15(5)24(20-8-2,21-9-3)22-10-4/h11-16H,7-10H2,1-6H3. The number of para-hydroxylation sites is 1. The molecule has 138 valence electrons. The number of ether oxygens (including phenoxy) is 2. The van der Waals surface area contributed by atoms with E-state index in [9.17, 15) is 0 Å². The van der Waals surface area contributed by atoms with Crippen molar-refractivity contribution in [3.63, 3.8) is 0 Å². The van der Waals surface area contributed by atoms with Crippen LogP contribution in [0.1, 0.15) is 52.6 Å². The minimum Gasteiger partial charge on any atom is -0.465 e. The first-order chi connectivity index (χ1) is 11.5. The van der Waals surface area contributed by atoms with Crippen LogP contribution in [-0.2, 0) is 18.0 Å². The van der Waals surface area contributed by atoms with Gasteiger partial charge in [-0.2, -0.15) is 0 Å². The van der Waals surface area contributed by atoms with Crippen molar-refractivity contribution in [2.75, 3.05) is 26.4 Å². The number of rotatable bonds is 12. The first-order valence-electron chi connectivity index (χ1n) is 8.83. The fourth-order valence-corrected chi connectivity index (χ4v) is 5.51. The predicted molar refractivity (Wildman–Crippen MR) is 97.2 cm³/mol. The third-order valence-electron chi connectivity index (χ3n) is 3.65. The van der Waals surface area contributed by atoms with Crippen LogP contribution in [0.4, 0.5) is 0 Å². The van der Waals surface area contributed by atoms with Gasteiger partial charge in [-0.15, -0.1) is 0 Å². The Morgan fingerprint density at radius 1 is 0.833 bits per heavy atom. The fraction of sp³-hybridized carbons (Fsp3) is 0.667. The summed E-state index contributed by atoms with van der Waals surface area (Å²) >= 11 is 0. The van der Waals surface area contributed by atoms with Crippen molar-refractivity contribution in [2.24, 2.45) is 0 Å². The second kappa shape index (κ2) is 10.8. The Balaban J connectivity index is 3.15. The maximum Gasteiger partial charge on any atom is 0.508 e. The minimum absolute atomic E-state index is 0.0395. The Labute approximate surface area is 147 Å². The second-order valence-electron chi connectivity index (χ2n) is 5.30. The van der Waals surface area contributed by atoms with E-state index < -0.39 is 8.80 Å². The van der Waals surface area contributed by atoms with E-state index in [0.29, 0.717) is 26.4 Å². The topological polar surface area (TPSA) is 46.2 Å². The highest BCUT2D eigenvalue weighted by Gasteiger charge is 2.48. The van der Waals surface area contributed by atoms with Crippen LogP contribution in [0.3, 0.4) is 0 Å². The van der Waals surface area contributed by atoms with E-state index in [2.05, 4.69) is 6.92 Å². The first kappa shape index (κ1) is 21.1. The van der Waals surface area contributed by atoms with E-state index >= 15 is 0 Å². The van der Waals surface area contributed by atoms with Crippen molar-refractivity contribution < 1.29 is 22.8 Å². The molecule has 0 aromatic heterocycles. The number of hydrogen-bond donors (Lipinski definition) is 0. The largest absolute Gasteiger partial charge is 0.508 e. The lowest BCUT2D eigenvalue weighted by Gasteiger charge is -2.34. The maximum absolute atomic E-state index is 6.04. The molecule has 24 heavy (non-hydrogen) atoms. The lowest BCUT2D eigenvalue weighted by molar-refractivity contribution is -0.0620. The molecule has 0 aliphatic heterocycles. The van der Waals surface area contributed by atoms with Gasteiger partial charge in [0.15, 0.2) is 6.29 Å². The first-order valence-corrected chi connectivity index (χ1v) is 10.6. The molecule has 0 N–H and O–H groups in total. The molecule has 0 radical (unpaired) electrons. The van der Waals surface area contributed by atoms with E-state index in [-0.39, 0.29) is 11.8 Å². The molecule has 2 unspecified atom stereocenters. The Morgan fingerprint density at radius 3 is 1.88 bits per heavy atom. The van der Waals surface area contributed by atoms with Gasteiger partial charge in [-0.1, -0.05) is 25.1 Å². The van der Waals surface area contributed by atoms with Crippen LogP contribution in [0.2, 0.25) is 0 Å². The summed E-state index contributed by atoms with van der Waals surface area (Å²) < 4.78 is 29.6. The SMILES string of the molecule is CCOC(C)Oc1ccccc1C(C)[Si](OCC)(OCC)OCC. The third-order valence-corrected chi connectivity index (χ3v) is 7.09. The van der Waals surface area contributed by atoms with Crippen molar-refractivity contribution >= 4 is 8.80 Å². The lowest BCUT2D eigenvalue weighted by atomic mass is 10.1. The monoisotopic (exact) mass is 356 g/mol. The molecule has 0 saturated carbocycles. The van der Waals surface area contributed by atoms with Crippen LogP contribution in [-0.4, -0.2) is 41.5 Å². The van der Waals surface area contributed by atoms with Crippen molar-refractivity contribution in [3.05, 3.63) is 29.8 Å². The van der Waals surface area contributed by atoms with Crippen LogP contribution < -0.4 is 4.74 Å². The van der Waals surface area contributed by atoms with Crippen molar-refractivity contribution in [1.82, 2.24) is 0 Å². The van der Waals surface area contributed by atoms with Crippen LogP contribution >= 0.6 is 0 Å². The zero-order chi connectivity index (χ0) is 18.0. The maximum atomic E-state index is 6.04. The van der Waals surface area contributed by atoms with Gasteiger partial charge in [-0.25, -0.2) is 0 Å². The van der Waals surface area contributed by atoms with Gasteiger partial charge in [-0.05, 0) is 40.7 Å². The molecule has 0 bridgehead atoms. The van der Waals surface area contributed by atoms with E-state index in [4.69, 9.17) is 22.8 Å². The molecule has 0 fully saturated rings. The Bertz CT molecular complexity index is 451. The zero-order valence-electron chi connectivity index (χ0n) is 15.8. The lowest BCUT2D eigenvalue weighted by Crippen LogP contribution is -2.51. The van der Waals surface area contributed by atoms with E-state index in [1.807, 2.05) is 58.9 Å². The summed E-state index contributed by atoms with van der Waals surface area (Å²) in [6, 6.07) is 7.93. The zero-order valence-corrected chi connectivity index (χ0v) is 16.8. The van der Waals surface area contributed by atoms with Gasteiger partial charge in [0.25, 0.3) is 0 Å². The smallest absolute Gasteiger partial charge is 0.465 e. The molecule has 1 aromatic carbocycles. The average Bonchev–Trinajstić information content (AvgIpc) is 2.55. The van der Waals surface area contributed by atoms with Crippen molar-refractivity contribution in [3.8, 4) is 5.75 Å². The molecule has 1 rings (SSSR count). The fourth-order valence-electron chi connectivity index (χ4n) is 2.69. The van der Waals surface area contributed by atoms with Gasteiger partial charge in [0, 0.05) is 32.0 Å². The van der Waals surface area contributed by atoms with Crippen LogP contribution in [0.25, 0.3) is 0 Å². The molecule has 0 amide bonds. The molecule has 0 heterocycles. The van der Waals surface area contributed by atoms with Gasteiger partial charge < -0.3 is 22.8 Å². The summed E-state index contributed by atoms with van der Waals surface area (Å²) in [4.78, 5) is 0. The molecule has 0 spiro atoms. The van der Waals surface area contributed by atoms with E-state index in [1.165, 1.54) is 0 Å². The molecule has 5 nitrogen and oxygen atoms in total. The second-order valence-corrected chi connectivity index (χ2v) is 8.24. The van der Waals surface area contributed by atoms with E-state index in [1.54, 1.807) is 0 Å². The number of hydrogen-bond acceptors (Lipinski definition) is 5. The average molecular weight is 357 g/mol. The summed E-state index contributed by atoms with van der Waals surface area (Å²) in [7, 11) is -2.86.